The van der Waals surface area contributed by atoms with Gasteiger partial charge in [-0.1, -0.05) is 17.7 Å². The van der Waals surface area contributed by atoms with Crippen molar-refractivity contribution >= 4 is 16.9 Å². The molecule has 24 heavy (non-hydrogen) atoms. The van der Waals surface area contributed by atoms with Crippen LogP contribution in [0.25, 0.3) is 11.0 Å². The molecule has 3 aromatic rings. The van der Waals surface area contributed by atoms with E-state index >= 15 is 0 Å². The third kappa shape index (κ3) is 3.23. The van der Waals surface area contributed by atoms with Gasteiger partial charge >= 0.3 is 11.6 Å². The van der Waals surface area contributed by atoms with Crippen molar-refractivity contribution in [2.45, 2.75) is 27.4 Å². The highest BCUT2D eigenvalue weighted by atomic mass is 16.5. The van der Waals surface area contributed by atoms with Crippen molar-refractivity contribution in [1.82, 2.24) is 0 Å². The second-order valence-corrected chi connectivity index (χ2v) is 5.97. The molecule has 0 spiro atoms. The molecule has 122 valence electrons. The Kier molecular flexibility index (Phi) is 4.21. The summed E-state index contributed by atoms with van der Waals surface area (Å²) in [4.78, 5) is 23.9. The van der Waals surface area contributed by atoms with Crippen molar-refractivity contribution in [3.63, 3.8) is 0 Å². The minimum Gasteiger partial charge on any atom is -0.457 e. The first-order valence-corrected chi connectivity index (χ1v) is 7.72. The van der Waals surface area contributed by atoms with Crippen LogP contribution in [0.2, 0.25) is 0 Å². The fourth-order valence-electron chi connectivity index (χ4n) is 2.52. The first kappa shape index (κ1) is 16.0. The molecule has 1 heterocycles. The molecule has 0 bridgehead atoms. The molecule has 0 radical (unpaired) electrons. The van der Waals surface area contributed by atoms with Crippen LogP contribution in [0.1, 0.15) is 32.6 Å². The Balaban J connectivity index is 1.89. The highest BCUT2D eigenvalue weighted by Crippen LogP contribution is 2.22. The average Bonchev–Trinajstić information content (AvgIpc) is 2.54. The van der Waals surface area contributed by atoms with Crippen LogP contribution in [0, 0.1) is 20.8 Å². The molecule has 0 saturated carbocycles. The topological polar surface area (TPSA) is 56.5 Å². The van der Waals surface area contributed by atoms with Gasteiger partial charge in [0.05, 0.1) is 5.56 Å². The molecule has 0 atom stereocenters. The predicted molar refractivity (Wildman–Crippen MR) is 92.3 cm³/mol. The van der Waals surface area contributed by atoms with E-state index in [1.165, 1.54) is 6.07 Å². The van der Waals surface area contributed by atoms with Crippen LogP contribution in [0.5, 0.6) is 0 Å². The maximum Gasteiger partial charge on any atom is 0.338 e. The Morgan fingerprint density at radius 3 is 2.38 bits per heavy atom. The third-order valence-electron chi connectivity index (χ3n) is 4.09. The smallest absolute Gasteiger partial charge is 0.338 e. The number of hydrogen-bond donors (Lipinski definition) is 0. The Morgan fingerprint density at radius 1 is 1.00 bits per heavy atom. The van der Waals surface area contributed by atoms with Gasteiger partial charge in [0.15, 0.2) is 0 Å². The molecular weight excluding hydrogens is 304 g/mol. The van der Waals surface area contributed by atoms with Gasteiger partial charge in [0.2, 0.25) is 0 Å². The summed E-state index contributed by atoms with van der Waals surface area (Å²) in [6, 6.07) is 12.3. The van der Waals surface area contributed by atoms with Crippen LogP contribution >= 0.6 is 0 Å². The highest BCUT2D eigenvalue weighted by molar-refractivity contribution is 5.89. The van der Waals surface area contributed by atoms with Crippen molar-refractivity contribution in [1.29, 1.82) is 0 Å². The van der Waals surface area contributed by atoms with Gasteiger partial charge in [-0.15, -0.1) is 0 Å². The van der Waals surface area contributed by atoms with E-state index in [1.807, 2.05) is 45.0 Å². The number of hydrogen-bond acceptors (Lipinski definition) is 4. The number of carbonyl (C=O) groups excluding carboxylic acids is 1. The quantitative estimate of drug-likeness (QED) is 0.538. The van der Waals surface area contributed by atoms with E-state index in [9.17, 15) is 9.59 Å². The zero-order chi connectivity index (χ0) is 17.3. The van der Waals surface area contributed by atoms with E-state index in [-0.39, 0.29) is 6.61 Å². The Labute approximate surface area is 139 Å². The first-order valence-electron chi connectivity index (χ1n) is 7.72. The van der Waals surface area contributed by atoms with E-state index in [0.717, 1.165) is 22.1 Å². The maximum atomic E-state index is 12.1. The van der Waals surface area contributed by atoms with Crippen molar-refractivity contribution in [3.8, 4) is 0 Å². The summed E-state index contributed by atoms with van der Waals surface area (Å²) in [6.45, 7) is 5.92. The standard InChI is InChI=1S/C20H18O4/c1-12-4-6-15(7-5-12)20(22)23-11-16-10-19(21)24-18-9-14(3)13(2)8-17(16)18/h4-10H,11H2,1-3H3. The molecule has 0 aliphatic rings. The molecule has 0 aliphatic carbocycles. The molecule has 4 heteroatoms. The number of benzene rings is 2. The van der Waals surface area contributed by atoms with E-state index in [0.29, 0.717) is 16.7 Å². The predicted octanol–water partition coefficient (Wildman–Crippen LogP) is 4.08. The van der Waals surface area contributed by atoms with Gasteiger partial charge in [0, 0.05) is 17.0 Å². The summed E-state index contributed by atoms with van der Waals surface area (Å²) in [6.07, 6.45) is 0. The lowest BCUT2D eigenvalue weighted by Gasteiger charge is -2.09. The molecule has 3 rings (SSSR count). The maximum absolute atomic E-state index is 12.1. The van der Waals surface area contributed by atoms with Crippen LogP contribution < -0.4 is 5.63 Å². The van der Waals surface area contributed by atoms with Crippen LogP contribution in [-0.2, 0) is 11.3 Å². The summed E-state index contributed by atoms with van der Waals surface area (Å²) in [5.74, 6) is -0.416. The minimum atomic E-state index is -0.452. The zero-order valence-corrected chi connectivity index (χ0v) is 13.9. The Hall–Kier alpha value is -2.88. The molecule has 1 aromatic heterocycles. The van der Waals surface area contributed by atoms with Crippen LogP contribution in [0.4, 0.5) is 0 Å². The largest absolute Gasteiger partial charge is 0.457 e. The normalized spacial score (nSPS) is 10.8. The molecule has 2 aromatic carbocycles. The fourth-order valence-corrected chi connectivity index (χ4v) is 2.52. The molecule has 0 amide bonds. The monoisotopic (exact) mass is 322 g/mol. The molecule has 0 unspecified atom stereocenters. The minimum absolute atomic E-state index is 0.0251. The second-order valence-electron chi connectivity index (χ2n) is 5.97. The lowest BCUT2D eigenvalue weighted by molar-refractivity contribution is 0.0474. The number of esters is 1. The van der Waals surface area contributed by atoms with Crippen molar-refractivity contribution in [2.75, 3.05) is 0 Å². The number of aryl methyl sites for hydroxylation is 3. The molecule has 0 saturated heterocycles. The van der Waals surface area contributed by atoms with Crippen LogP contribution in [-0.4, -0.2) is 5.97 Å². The van der Waals surface area contributed by atoms with Gasteiger partial charge in [0.25, 0.3) is 0 Å². The van der Waals surface area contributed by atoms with Gasteiger partial charge in [-0.25, -0.2) is 9.59 Å². The molecule has 0 fully saturated rings. The van der Waals surface area contributed by atoms with E-state index in [2.05, 4.69) is 0 Å². The summed E-state index contributed by atoms with van der Waals surface area (Å²) in [5, 5.41) is 0.786. The van der Waals surface area contributed by atoms with Crippen molar-refractivity contribution in [2.24, 2.45) is 0 Å². The lowest BCUT2D eigenvalue weighted by atomic mass is 10.0. The first-order chi connectivity index (χ1) is 11.4. The van der Waals surface area contributed by atoms with Gasteiger partial charge in [-0.05, 0) is 56.2 Å². The SMILES string of the molecule is Cc1ccc(C(=O)OCc2cc(=O)oc3cc(C)c(C)cc23)cc1. The van der Waals surface area contributed by atoms with E-state index in [4.69, 9.17) is 9.15 Å². The van der Waals surface area contributed by atoms with Crippen molar-refractivity contribution < 1.29 is 13.9 Å². The lowest BCUT2D eigenvalue weighted by Crippen LogP contribution is -2.08. The number of rotatable bonds is 3. The number of carbonyl (C=O) groups is 1. The zero-order valence-electron chi connectivity index (χ0n) is 13.9. The summed E-state index contributed by atoms with van der Waals surface area (Å²) < 4.78 is 10.6. The summed E-state index contributed by atoms with van der Waals surface area (Å²) >= 11 is 0. The van der Waals surface area contributed by atoms with E-state index < -0.39 is 11.6 Å². The highest BCUT2D eigenvalue weighted by Gasteiger charge is 2.11. The fraction of sp³-hybridized carbons (Fsp3) is 0.200. The van der Waals surface area contributed by atoms with Gasteiger partial charge in [-0.2, -0.15) is 0 Å². The van der Waals surface area contributed by atoms with Gasteiger partial charge < -0.3 is 9.15 Å². The average molecular weight is 322 g/mol. The van der Waals surface area contributed by atoms with E-state index in [1.54, 1.807) is 12.1 Å². The summed E-state index contributed by atoms with van der Waals surface area (Å²) in [7, 11) is 0. The molecular formula is C20H18O4. The van der Waals surface area contributed by atoms with Gasteiger partial charge in [-0.3, -0.25) is 0 Å². The number of ether oxygens (including phenoxy) is 1. The number of fused-ring (bicyclic) bond motifs is 1. The molecule has 4 nitrogen and oxygen atoms in total. The summed E-state index contributed by atoms with van der Waals surface area (Å²) in [5.41, 5.74) is 4.38. The van der Waals surface area contributed by atoms with Crippen molar-refractivity contribution in [3.05, 3.63) is 80.7 Å². The Bertz CT molecular complexity index is 965. The molecule has 0 N–H and O–H groups in total. The van der Waals surface area contributed by atoms with Gasteiger partial charge in [0.1, 0.15) is 12.2 Å². The third-order valence-corrected chi connectivity index (χ3v) is 4.09. The second kappa shape index (κ2) is 6.32. The Morgan fingerprint density at radius 2 is 1.67 bits per heavy atom. The van der Waals surface area contributed by atoms with Crippen LogP contribution in [0.3, 0.4) is 0 Å². The molecule has 0 aliphatic heterocycles. The van der Waals surface area contributed by atoms with Crippen LogP contribution in [0.15, 0.2) is 51.7 Å².